The molecule has 0 fully saturated rings. The Hall–Kier alpha value is -1.77. The van der Waals surface area contributed by atoms with Gasteiger partial charge in [-0.3, -0.25) is 4.57 Å². The van der Waals surface area contributed by atoms with Crippen LogP contribution in [0.5, 0.6) is 0 Å². The molecule has 1 aromatic rings. The summed E-state index contributed by atoms with van der Waals surface area (Å²) in [5.41, 5.74) is 4.90. The molecule has 0 aliphatic heterocycles. The molecule has 3 N–H and O–H groups in total. The van der Waals surface area contributed by atoms with Crippen LogP contribution in [-0.4, -0.2) is 33.5 Å². The maximum Gasteiger partial charge on any atom is 0.406 e. The molecule has 7 nitrogen and oxygen atoms in total. The van der Waals surface area contributed by atoms with E-state index in [1.165, 1.54) is 4.57 Å². The largest absolute Gasteiger partial charge is 0.406 e. The van der Waals surface area contributed by atoms with Crippen LogP contribution in [0.15, 0.2) is 0 Å². The van der Waals surface area contributed by atoms with Gasteiger partial charge in [0.25, 0.3) is 5.92 Å². The zero-order valence-electron chi connectivity index (χ0n) is 10.1. The summed E-state index contributed by atoms with van der Waals surface area (Å²) in [5.74, 6) is -3.21. The zero-order valence-corrected chi connectivity index (χ0v) is 10.1. The normalized spacial score (nSPS) is 11.6. The highest BCUT2D eigenvalue weighted by atomic mass is 19.3. The molecule has 0 saturated carbocycles. The van der Waals surface area contributed by atoms with Gasteiger partial charge in [-0.2, -0.15) is 0 Å². The summed E-state index contributed by atoms with van der Waals surface area (Å²) in [7, 11) is 0. The lowest BCUT2D eigenvalue weighted by molar-refractivity contribution is -0.388. The van der Waals surface area contributed by atoms with Crippen molar-refractivity contribution >= 4 is 11.6 Å². The third-order valence-electron chi connectivity index (χ3n) is 2.44. The van der Waals surface area contributed by atoms with Crippen LogP contribution in [0.3, 0.4) is 0 Å². The first-order chi connectivity index (χ1) is 8.32. The van der Waals surface area contributed by atoms with E-state index >= 15 is 0 Å². The van der Waals surface area contributed by atoms with Crippen molar-refractivity contribution < 1.29 is 13.7 Å². The summed E-state index contributed by atoms with van der Waals surface area (Å²) in [6.45, 7) is 2.11. The van der Waals surface area contributed by atoms with E-state index in [2.05, 4.69) is 10.3 Å². The number of hydrogen-bond donors (Lipinski definition) is 2. The molecular weight excluding hydrogens is 248 g/mol. The molecule has 1 heterocycles. The molecule has 9 heteroatoms. The molecule has 0 unspecified atom stereocenters. The van der Waals surface area contributed by atoms with Gasteiger partial charge in [-0.25, -0.2) is 8.78 Å². The first-order valence-electron chi connectivity index (χ1n) is 5.35. The number of aryl methyl sites for hydroxylation is 1. The minimum atomic E-state index is -3.12. The van der Waals surface area contributed by atoms with Crippen molar-refractivity contribution in [3.8, 4) is 0 Å². The Morgan fingerprint density at radius 3 is 2.67 bits per heavy atom. The quantitative estimate of drug-likeness (QED) is 0.592. The van der Waals surface area contributed by atoms with Gasteiger partial charge in [-0.1, -0.05) is 0 Å². The van der Waals surface area contributed by atoms with Crippen LogP contribution < -0.4 is 11.1 Å². The second-order valence-corrected chi connectivity index (χ2v) is 3.75. The first-order valence-corrected chi connectivity index (χ1v) is 5.35. The second kappa shape index (κ2) is 5.25. The van der Waals surface area contributed by atoms with Crippen molar-refractivity contribution in [3.63, 3.8) is 0 Å². The van der Waals surface area contributed by atoms with E-state index in [0.717, 1.165) is 0 Å². The molecule has 0 radical (unpaired) electrons. The van der Waals surface area contributed by atoms with Crippen LogP contribution in [-0.2, 0) is 6.54 Å². The number of hydrogen-bond acceptors (Lipinski definition) is 5. The molecule has 0 bridgehead atoms. The monoisotopic (exact) mass is 263 g/mol. The fourth-order valence-electron chi connectivity index (χ4n) is 1.52. The molecular formula is C9H15F2N5O2. The highest BCUT2D eigenvalue weighted by molar-refractivity contribution is 5.53. The average molecular weight is 263 g/mol. The van der Waals surface area contributed by atoms with Crippen molar-refractivity contribution in [2.75, 3.05) is 18.4 Å². The zero-order chi connectivity index (χ0) is 13.9. The summed E-state index contributed by atoms with van der Waals surface area (Å²) in [6.07, 6.45) is 0. The third kappa shape index (κ3) is 2.92. The van der Waals surface area contributed by atoms with E-state index in [-0.39, 0.29) is 5.82 Å². The smallest absolute Gasteiger partial charge is 0.358 e. The van der Waals surface area contributed by atoms with Crippen LogP contribution in [0.2, 0.25) is 0 Å². The van der Waals surface area contributed by atoms with E-state index in [0.29, 0.717) is 12.4 Å². The average Bonchev–Trinajstić information content (AvgIpc) is 2.63. The number of nitrogens with zero attached hydrogens (tertiary/aromatic N) is 3. The first kappa shape index (κ1) is 14.3. The number of anilines is 1. The van der Waals surface area contributed by atoms with E-state index in [9.17, 15) is 18.9 Å². The Morgan fingerprint density at radius 1 is 1.61 bits per heavy atom. The molecule has 102 valence electrons. The molecule has 18 heavy (non-hydrogen) atoms. The number of nitrogens with one attached hydrogen (secondary N) is 1. The van der Waals surface area contributed by atoms with Gasteiger partial charge in [-0.05, 0) is 16.8 Å². The predicted molar refractivity (Wildman–Crippen MR) is 61.8 cm³/mol. The summed E-state index contributed by atoms with van der Waals surface area (Å²) in [6, 6.07) is 0. The molecule has 0 spiro atoms. The lowest BCUT2D eigenvalue weighted by atomic mass is 10.3. The van der Waals surface area contributed by atoms with Gasteiger partial charge < -0.3 is 21.2 Å². The highest BCUT2D eigenvalue weighted by Crippen LogP contribution is 2.26. The second-order valence-electron chi connectivity index (χ2n) is 3.75. The third-order valence-corrected chi connectivity index (χ3v) is 2.44. The number of halogens is 2. The van der Waals surface area contributed by atoms with Gasteiger partial charge in [0, 0.05) is 13.5 Å². The van der Waals surface area contributed by atoms with Gasteiger partial charge in [-0.15, -0.1) is 0 Å². The number of aromatic nitrogens is 2. The summed E-state index contributed by atoms with van der Waals surface area (Å²) in [5, 5.41) is 13.1. The minimum Gasteiger partial charge on any atom is -0.358 e. The van der Waals surface area contributed by atoms with Gasteiger partial charge in [0.05, 0.1) is 13.1 Å². The van der Waals surface area contributed by atoms with Crippen LogP contribution in [0.1, 0.15) is 12.7 Å². The summed E-state index contributed by atoms with van der Waals surface area (Å²) in [4.78, 5) is 13.8. The standard InChI is InChI=1S/C9H15F2N5O2/c1-3-15-6(2)14-8(16(17)18)7(15)13-5-9(10,11)4-12/h13H,3-5,12H2,1-2H3. The lowest BCUT2D eigenvalue weighted by Crippen LogP contribution is -2.35. The van der Waals surface area contributed by atoms with Crippen LogP contribution in [0, 0.1) is 17.0 Å². The summed E-state index contributed by atoms with van der Waals surface area (Å²) >= 11 is 0. The van der Waals surface area contributed by atoms with Crippen molar-refractivity contribution in [2.45, 2.75) is 26.3 Å². The van der Waals surface area contributed by atoms with Crippen LogP contribution >= 0.6 is 0 Å². The lowest BCUT2D eigenvalue weighted by Gasteiger charge is -2.15. The fraction of sp³-hybridized carbons (Fsp3) is 0.667. The molecule has 1 rings (SSSR count). The molecule has 0 saturated heterocycles. The molecule has 0 aliphatic carbocycles. The van der Waals surface area contributed by atoms with Crippen molar-refractivity contribution in [1.29, 1.82) is 0 Å². The minimum absolute atomic E-state index is 0.0203. The van der Waals surface area contributed by atoms with Gasteiger partial charge in [0.1, 0.15) is 0 Å². The Morgan fingerprint density at radius 2 is 2.22 bits per heavy atom. The Kier molecular flexibility index (Phi) is 4.17. The van der Waals surface area contributed by atoms with Gasteiger partial charge >= 0.3 is 5.82 Å². The van der Waals surface area contributed by atoms with Gasteiger partial charge in [0.15, 0.2) is 0 Å². The number of nitro groups is 1. The topological polar surface area (TPSA) is 99.0 Å². The molecule has 0 amide bonds. The molecule has 0 aromatic carbocycles. The summed E-state index contributed by atoms with van der Waals surface area (Å²) < 4.78 is 27.5. The number of imidazole rings is 1. The SMILES string of the molecule is CCn1c(C)nc([N+](=O)[O-])c1NCC(F)(F)CN. The van der Waals surface area contributed by atoms with Crippen LogP contribution in [0.25, 0.3) is 0 Å². The Balaban J connectivity index is 3.02. The maximum atomic E-state index is 13.0. The van der Waals surface area contributed by atoms with Crippen molar-refractivity contribution in [3.05, 3.63) is 15.9 Å². The fourth-order valence-corrected chi connectivity index (χ4v) is 1.52. The predicted octanol–water partition coefficient (Wildman–Crippen LogP) is 1.13. The number of rotatable bonds is 6. The maximum absolute atomic E-state index is 13.0. The van der Waals surface area contributed by atoms with Crippen LogP contribution in [0.4, 0.5) is 20.4 Å². The van der Waals surface area contributed by atoms with E-state index in [4.69, 9.17) is 5.73 Å². The van der Waals surface area contributed by atoms with Gasteiger partial charge in [0.2, 0.25) is 11.6 Å². The highest BCUT2D eigenvalue weighted by Gasteiger charge is 2.30. The van der Waals surface area contributed by atoms with E-state index in [1.807, 2.05) is 0 Å². The number of alkyl halides is 2. The van der Waals surface area contributed by atoms with Crippen molar-refractivity contribution in [2.24, 2.45) is 5.73 Å². The van der Waals surface area contributed by atoms with Crippen molar-refractivity contribution in [1.82, 2.24) is 9.55 Å². The Bertz CT molecular complexity index is 446. The van der Waals surface area contributed by atoms with E-state index in [1.54, 1.807) is 13.8 Å². The molecule has 1 aromatic heterocycles. The molecule has 0 atom stereocenters. The number of nitrogens with two attached hydrogens (primary N) is 1. The molecule has 0 aliphatic rings. The Labute approximate surface area is 102 Å². The van der Waals surface area contributed by atoms with E-state index < -0.39 is 29.8 Å².